The summed E-state index contributed by atoms with van der Waals surface area (Å²) >= 11 is 5.61. The standard InChI is InChI=1S/C38H40ClN3O6/c1-4-22-47-31-19-17-25-12-6-8-14-28(25)34(31)35-29-15-9-7-13-26(29)18-20-32(35)48-24-33(43)41-30(16-10-11-21-40-39)36(44)42-38(37(45)46-3)23-27(38)5-2/h4-9,12-15,17-20,27,30,40H,1-2,10-11,16,21-24H2,3H3,(H,41,43)(H,42,44). The van der Waals surface area contributed by atoms with Gasteiger partial charge in [0.2, 0.25) is 5.91 Å². The molecule has 0 aliphatic heterocycles. The van der Waals surface area contributed by atoms with E-state index in [0.29, 0.717) is 50.3 Å². The number of esters is 1. The van der Waals surface area contributed by atoms with Crippen molar-refractivity contribution < 1.29 is 28.6 Å². The number of amides is 2. The van der Waals surface area contributed by atoms with Crippen LogP contribution in [0.15, 0.2) is 98.1 Å². The highest BCUT2D eigenvalue weighted by atomic mass is 35.5. The molecule has 1 aliphatic rings. The highest BCUT2D eigenvalue weighted by molar-refractivity contribution is 6.13. The third kappa shape index (κ3) is 7.48. The first-order valence-corrected chi connectivity index (χ1v) is 16.3. The lowest BCUT2D eigenvalue weighted by atomic mass is 9.92. The minimum absolute atomic E-state index is 0.255. The van der Waals surface area contributed by atoms with Gasteiger partial charge in [0.1, 0.15) is 29.7 Å². The van der Waals surface area contributed by atoms with Crippen molar-refractivity contribution >= 4 is 51.1 Å². The van der Waals surface area contributed by atoms with Gasteiger partial charge in [-0.05, 0) is 71.1 Å². The molecule has 0 radical (unpaired) electrons. The summed E-state index contributed by atoms with van der Waals surface area (Å²) in [5, 5.41) is 9.56. The summed E-state index contributed by atoms with van der Waals surface area (Å²) in [6.07, 6.45) is 5.29. The maximum Gasteiger partial charge on any atom is 0.332 e. The van der Waals surface area contributed by atoms with E-state index < -0.39 is 29.4 Å². The molecule has 3 N–H and O–H groups in total. The van der Waals surface area contributed by atoms with Crippen LogP contribution in [0.2, 0.25) is 0 Å². The lowest BCUT2D eigenvalue weighted by Gasteiger charge is -2.23. The predicted molar refractivity (Wildman–Crippen MR) is 189 cm³/mol. The van der Waals surface area contributed by atoms with Crippen molar-refractivity contribution in [3.63, 3.8) is 0 Å². The van der Waals surface area contributed by atoms with Crippen LogP contribution < -0.4 is 24.9 Å². The Labute approximate surface area is 285 Å². The van der Waals surface area contributed by atoms with Gasteiger partial charge in [0.15, 0.2) is 6.61 Å². The van der Waals surface area contributed by atoms with E-state index in [2.05, 4.69) is 28.6 Å². The third-order valence-electron chi connectivity index (χ3n) is 8.61. The Morgan fingerprint density at radius 3 is 2.10 bits per heavy atom. The quantitative estimate of drug-likeness (QED) is 0.0528. The van der Waals surface area contributed by atoms with Crippen molar-refractivity contribution in [3.05, 3.63) is 98.1 Å². The minimum atomic E-state index is -1.19. The molecule has 0 aromatic heterocycles. The van der Waals surface area contributed by atoms with Crippen molar-refractivity contribution in [3.8, 4) is 22.6 Å². The zero-order chi connectivity index (χ0) is 34.1. The zero-order valence-corrected chi connectivity index (χ0v) is 27.7. The summed E-state index contributed by atoms with van der Waals surface area (Å²) in [5.41, 5.74) is 0.430. The predicted octanol–water partition coefficient (Wildman–Crippen LogP) is 6.24. The van der Waals surface area contributed by atoms with Crippen LogP contribution in [0, 0.1) is 5.92 Å². The zero-order valence-electron chi connectivity index (χ0n) is 26.9. The fourth-order valence-corrected chi connectivity index (χ4v) is 6.22. The smallest absolute Gasteiger partial charge is 0.332 e. The van der Waals surface area contributed by atoms with Gasteiger partial charge in [-0.3, -0.25) is 9.59 Å². The molecule has 1 fully saturated rings. The molecule has 1 aliphatic carbocycles. The molecule has 0 heterocycles. The van der Waals surface area contributed by atoms with Gasteiger partial charge < -0.3 is 24.8 Å². The van der Waals surface area contributed by atoms with Crippen LogP contribution in [0.25, 0.3) is 32.7 Å². The molecule has 2 amide bonds. The molecule has 0 spiro atoms. The van der Waals surface area contributed by atoms with E-state index in [-0.39, 0.29) is 12.5 Å². The topological polar surface area (TPSA) is 115 Å². The lowest BCUT2D eigenvalue weighted by molar-refractivity contribution is -0.147. The Hall–Kier alpha value is -4.86. The van der Waals surface area contributed by atoms with Gasteiger partial charge >= 0.3 is 5.97 Å². The highest BCUT2D eigenvalue weighted by Gasteiger charge is 2.61. The van der Waals surface area contributed by atoms with E-state index in [4.69, 9.17) is 26.0 Å². The van der Waals surface area contributed by atoms with Crippen molar-refractivity contribution in [1.82, 2.24) is 15.5 Å². The molecular weight excluding hydrogens is 630 g/mol. The van der Waals surface area contributed by atoms with E-state index in [1.165, 1.54) is 7.11 Å². The van der Waals surface area contributed by atoms with E-state index in [1.54, 1.807) is 12.2 Å². The van der Waals surface area contributed by atoms with Crippen LogP contribution in [0.5, 0.6) is 11.5 Å². The fraction of sp³-hybridized carbons (Fsp3) is 0.289. The number of hydrogen-bond donors (Lipinski definition) is 3. The molecule has 0 saturated heterocycles. The first-order chi connectivity index (χ1) is 23.4. The lowest BCUT2D eigenvalue weighted by Crippen LogP contribution is -2.54. The Balaban J connectivity index is 1.43. The van der Waals surface area contributed by atoms with Gasteiger partial charge in [-0.1, -0.05) is 79.4 Å². The number of nitrogens with one attached hydrogen (secondary N) is 3. The van der Waals surface area contributed by atoms with Gasteiger partial charge in [-0.2, -0.15) is 0 Å². The number of carbonyl (C=O) groups excluding carboxylic acids is 3. The Bertz CT molecular complexity index is 1830. The Kier molecular flexibility index (Phi) is 11.4. The number of methoxy groups -OCH3 is 1. The minimum Gasteiger partial charge on any atom is -0.489 e. The van der Waals surface area contributed by atoms with Crippen LogP contribution in [0.4, 0.5) is 0 Å². The fourth-order valence-electron chi connectivity index (χ4n) is 6.09. The number of fused-ring (bicyclic) bond motifs is 2. The van der Waals surface area contributed by atoms with Crippen molar-refractivity contribution in [2.45, 2.75) is 37.3 Å². The van der Waals surface area contributed by atoms with Gasteiger partial charge in [0.05, 0.1) is 7.11 Å². The van der Waals surface area contributed by atoms with Gasteiger partial charge in [0, 0.05) is 23.6 Å². The number of halogens is 1. The third-order valence-corrected chi connectivity index (χ3v) is 8.80. The SMILES string of the molecule is C=CCOc1ccc2ccccc2c1-c1c(OCC(=O)NC(CCCCNCl)C(=O)NC2(C(=O)OC)CC2C=C)ccc2ccccc12. The first-order valence-electron chi connectivity index (χ1n) is 15.9. The van der Waals surface area contributed by atoms with Crippen LogP contribution in [-0.4, -0.2) is 56.2 Å². The second-order valence-electron chi connectivity index (χ2n) is 11.7. The normalized spacial score (nSPS) is 17.2. The summed E-state index contributed by atoms with van der Waals surface area (Å²) in [7, 11) is 1.28. The van der Waals surface area contributed by atoms with Crippen molar-refractivity contribution in [2.75, 3.05) is 26.9 Å². The molecule has 250 valence electrons. The van der Waals surface area contributed by atoms with Gasteiger partial charge in [-0.15, -0.1) is 6.58 Å². The number of unbranched alkanes of at least 4 members (excludes halogenated alkanes) is 1. The number of benzene rings is 4. The van der Waals surface area contributed by atoms with Crippen molar-refractivity contribution in [2.24, 2.45) is 5.92 Å². The molecular formula is C38H40ClN3O6. The molecule has 5 rings (SSSR count). The highest BCUT2D eigenvalue weighted by Crippen LogP contribution is 2.46. The maximum atomic E-state index is 13.5. The van der Waals surface area contributed by atoms with Crippen LogP contribution in [0.1, 0.15) is 25.7 Å². The Morgan fingerprint density at radius 1 is 0.917 bits per heavy atom. The van der Waals surface area contributed by atoms with Crippen LogP contribution in [0.3, 0.4) is 0 Å². The number of ether oxygens (including phenoxy) is 3. The van der Waals surface area contributed by atoms with E-state index >= 15 is 0 Å². The molecule has 4 aromatic rings. The van der Waals surface area contributed by atoms with E-state index in [0.717, 1.165) is 32.7 Å². The number of rotatable bonds is 17. The van der Waals surface area contributed by atoms with E-state index in [9.17, 15) is 14.4 Å². The average molecular weight is 670 g/mol. The summed E-state index contributed by atoms with van der Waals surface area (Å²) < 4.78 is 17.4. The van der Waals surface area contributed by atoms with E-state index in [1.807, 2.05) is 72.8 Å². The van der Waals surface area contributed by atoms with Gasteiger partial charge in [0.25, 0.3) is 5.91 Å². The van der Waals surface area contributed by atoms with Crippen LogP contribution in [-0.2, 0) is 19.1 Å². The monoisotopic (exact) mass is 669 g/mol. The summed E-state index contributed by atoms with van der Waals surface area (Å²) in [4.78, 5) is 42.1. The molecule has 9 nitrogen and oxygen atoms in total. The second kappa shape index (κ2) is 15.8. The maximum absolute atomic E-state index is 13.5. The molecule has 48 heavy (non-hydrogen) atoms. The largest absolute Gasteiger partial charge is 0.489 e. The number of carbonyl (C=O) groups is 3. The molecule has 4 aromatic carbocycles. The summed E-state index contributed by atoms with van der Waals surface area (Å²) in [5.74, 6) is -0.643. The summed E-state index contributed by atoms with van der Waals surface area (Å²) in [6.45, 7) is 8.06. The van der Waals surface area contributed by atoms with Crippen molar-refractivity contribution in [1.29, 1.82) is 0 Å². The molecule has 3 unspecified atom stereocenters. The molecule has 10 heteroatoms. The number of hydrogen-bond acceptors (Lipinski definition) is 7. The molecule has 1 saturated carbocycles. The molecule has 3 atom stereocenters. The van der Waals surface area contributed by atoms with Crippen LogP contribution >= 0.6 is 11.8 Å². The summed E-state index contributed by atoms with van der Waals surface area (Å²) in [6, 6.07) is 22.8. The second-order valence-corrected chi connectivity index (χ2v) is 12.0. The van der Waals surface area contributed by atoms with Gasteiger partial charge in [-0.25, -0.2) is 9.63 Å². The average Bonchev–Trinajstić information content (AvgIpc) is 3.83. The Morgan fingerprint density at radius 2 is 1.54 bits per heavy atom. The molecule has 0 bridgehead atoms. The first kappa shape index (κ1) is 34.5.